The SMILES string of the molecule is CCCc1ccc(C(=O)Nc2ccc3c(c2)N(C(=O)c2ccncc2)CC3)cc1. The Hall–Kier alpha value is -3.47. The summed E-state index contributed by atoms with van der Waals surface area (Å²) in [6, 6.07) is 16.9. The molecule has 5 heteroatoms. The lowest BCUT2D eigenvalue weighted by Gasteiger charge is -2.18. The first-order chi connectivity index (χ1) is 14.2. The predicted molar refractivity (Wildman–Crippen MR) is 114 cm³/mol. The van der Waals surface area contributed by atoms with E-state index in [0.29, 0.717) is 23.4 Å². The van der Waals surface area contributed by atoms with E-state index in [1.165, 1.54) is 5.56 Å². The highest BCUT2D eigenvalue weighted by Crippen LogP contribution is 2.32. The van der Waals surface area contributed by atoms with Gasteiger partial charge in [-0.3, -0.25) is 14.6 Å². The Morgan fingerprint density at radius 2 is 1.76 bits per heavy atom. The summed E-state index contributed by atoms with van der Waals surface area (Å²) >= 11 is 0. The largest absolute Gasteiger partial charge is 0.322 e. The van der Waals surface area contributed by atoms with E-state index in [2.05, 4.69) is 17.2 Å². The van der Waals surface area contributed by atoms with Crippen molar-refractivity contribution in [1.29, 1.82) is 0 Å². The highest BCUT2D eigenvalue weighted by atomic mass is 16.2. The number of benzene rings is 2. The summed E-state index contributed by atoms with van der Waals surface area (Å²) in [5.41, 5.74) is 5.09. The highest BCUT2D eigenvalue weighted by Gasteiger charge is 2.26. The van der Waals surface area contributed by atoms with Crippen LogP contribution in [0.5, 0.6) is 0 Å². The number of carbonyl (C=O) groups is 2. The number of anilines is 2. The van der Waals surface area contributed by atoms with Gasteiger partial charge in [-0.25, -0.2) is 0 Å². The van der Waals surface area contributed by atoms with Gasteiger partial charge in [0.25, 0.3) is 11.8 Å². The van der Waals surface area contributed by atoms with Crippen molar-refractivity contribution >= 4 is 23.2 Å². The first kappa shape index (κ1) is 18.9. The maximum Gasteiger partial charge on any atom is 0.258 e. The Morgan fingerprint density at radius 1 is 1.00 bits per heavy atom. The quantitative estimate of drug-likeness (QED) is 0.704. The third-order valence-corrected chi connectivity index (χ3v) is 5.17. The fraction of sp³-hybridized carbons (Fsp3) is 0.208. The Labute approximate surface area is 170 Å². The summed E-state index contributed by atoms with van der Waals surface area (Å²) in [5, 5.41) is 2.95. The zero-order chi connectivity index (χ0) is 20.2. The molecule has 0 atom stereocenters. The second kappa shape index (κ2) is 8.27. The Morgan fingerprint density at radius 3 is 2.48 bits per heavy atom. The van der Waals surface area contributed by atoms with Crippen molar-refractivity contribution in [3.8, 4) is 0 Å². The molecular weight excluding hydrogens is 362 g/mol. The highest BCUT2D eigenvalue weighted by molar-refractivity contribution is 6.08. The normalized spacial score (nSPS) is 12.5. The molecule has 2 amide bonds. The van der Waals surface area contributed by atoms with Gasteiger partial charge in [0.2, 0.25) is 0 Å². The summed E-state index contributed by atoms with van der Waals surface area (Å²) in [4.78, 5) is 31.2. The molecule has 5 nitrogen and oxygen atoms in total. The van der Waals surface area contributed by atoms with Gasteiger partial charge in [0.05, 0.1) is 0 Å². The van der Waals surface area contributed by atoms with E-state index >= 15 is 0 Å². The third kappa shape index (κ3) is 4.04. The van der Waals surface area contributed by atoms with Gasteiger partial charge in [-0.15, -0.1) is 0 Å². The molecule has 4 rings (SSSR count). The lowest BCUT2D eigenvalue weighted by atomic mass is 10.1. The molecule has 0 fully saturated rings. The molecule has 2 heterocycles. The fourth-order valence-corrected chi connectivity index (χ4v) is 3.63. The molecule has 1 aliphatic heterocycles. The first-order valence-corrected chi connectivity index (χ1v) is 9.91. The molecule has 3 aromatic rings. The number of rotatable bonds is 5. The van der Waals surface area contributed by atoms with Crippen molar-refractivity contribution < 1.29 is 9.59 Å². The van der Waals surface area contributed by atoms with E-state index in [0.717, 1.165) is 30.5 Å². The Balaban J connectivity index is 1.52. The number of pyridine rings is 1. The summed E-state index contributed by atoms with van der Waals surface area (Å²) in [6.07, 6.45) is 6.13. The van der Waals surface area contributed by atoms with Crippen molar-refractivity contribution in [2.45, 2.75) is 26.2 Å². The molecule has 0 saturated carbocycles. The van der Waals surface area contributed by atoms with Crippen molar-refractivity contribution in [3.05, 3.63) is 89.2 Å². The first-order valence-electron chi connectivity index (χ1n) is 9.91. The fourth-order valence-electron chi connectivity index (χ4n) is 3.63. The van der Waals surface area contributed by atoms with Gasteiger partial charge in [0, 0.05) is 41.4 Å². The van der Waals surface area contributed by atoms with Crippen LogP contribution in [0.2, 0.25) is 0 Å². The van der Waals surface area contributed by atoms with E-state index in [9.17, 15) is 9.59 Å². The minimum atomic E-state index is -0.155. The number of aryl methyl sites for hydroxylation is 1. The number of nitrogens with one attached hydrogen (secondary N) is 1. The molecule has 29 heavy (non-hydrogen) atoms. The van der Waals surface area contributed by atoms with E-state index in [4.69, 9.17) is 0 Å². The van der Waals surface area contributed by atoms with E-state index in [-0.39, 0.29) is 11.8 Å². The minimum Gasteiger partial charge on any atom is -0.322 e. The zero-order valence-electron chi connectivity index (χ0n) is 16.4. The second-order valence-electron chi connectivity index (χ2n) is 7.19. The van der Waals surface area contributed by atoms with Crippen LogP contribution in [0.1, 0.15) is 45.2 Å². The van der Waals surface area contributed by atoms with E-state index < -0.39 is 0 Å². The number of aromatic nitrogens is 1. The van der Waals surface area contributed by atoms with Gasteiger partial charge in [-0.1, -0.05) is 31.5 Å². The molecule has 0 radical (unpaired) electrons. The number of carbonyl (C=O) groups excluding carboxylic acids is 2. The standard InChI is InChI=1S/C24H23N3O2/c1-2-3-17-4-6-19(7-5-17)23(28)26-21-9-8-18-12-15-27(22(18)16-21)24(29)20-10-13-25-14-11-20/h4-11,13-14,16H,2-3,12,15H2,1H3,(H,26,28). The molecule has 0 spiro atoms. The van der Waals surface area contributed by atoms with Gasteiger partial charge in [0.15, 0.2) is 0 Å². The average molecular weight is 385 g/mol. The summed E-state index contributed by atoms with van der Waals surface area (Å²) in [5.74, 6) is -0.209. The lowest BCUT2D eigenvalue weighted by Crippen LogP contribution is -2.28. The van der Waals surface area contributed by atoms with Crippen LogP contribution in [0.25, 0.3) is 0 Å². The van der Waals surface area contributed by atoms with Crippen LogP contribution >= 0.6 is 0 Å². The summed E-state index contributed by atoms with van der Waals surface area (Å²) in [6.45, 7) is 2.77. The monoisotopic (exact) mass is 385 g/mol. The third-order valence-electron chi connectivity index (χ3n) is 5.17. The van der Waals surface area contributed by atoms with Crippen LogP contribution in [-0.4, -0.2) is 23.3 Å². The number of nitrogens with zero attached hydrogens (tertiary/aromatic N) is 2. The number of fused-ring (bicyclic) bond motifs is 1. The Bertz CT molecular complexity index is 1030. The smallest absolute Gasteiger partial charge is 0.258 e. The maximum absolute atomic E-state index is 12.9. The van der Waals surface area contributed by atoms with E-state index in [1.54, 1.807) is 29.4 Å². The molecule has 0 unspecified atom stereocenters. The van der Waals surface area contributed by atoms with Gasteiger partial charge in [-0.05, 0) is 60.4 Å². The molecule has 2 aromatic carbocycles. The van der Waals surface area contributed by atoms with Gasteiger partial charge < -0.3 is 10.2 Å². The molecule has 1 aromatic heterocycles. The molecule has 1 aliphatic rings. The van der Waals surface area contributed by atoms with Crippen LogP contribution in [0.15, 0.2) is 67.0 Å². The van der Waals surface area contributed by atoms with Crippen molar-refractivity contribution in [1.82, 2.24) is 4.98 Å². The number of hydrogen-bond acceptors (Lipinski definition) is 3. The van der Waals surface area contributed by atoms with Crippen molar-refractivity contribution in [3.63, 3.8) is 0 Å². The lowest BCUT2D eigenvalue weighted by molar-refractivity contribution is 0.0988. The van der Waals surface area contributed by atoms with Crippen LogP contribution in [-0.2, 0) is 12.8 Å². The van der Waals surface area contributed by atoms with Gasteiger partial charge in [-0.2, -0.15) is 0 Å². The summed E-state index contributed by atoms with van der Waals surface area (Å²) < 4.78 is 0. The van der Waals surface area contributed by atoms with Crippen LogP contribution in [0.3, 0.4) is 0 Å². The van der Waals surface area contributed by atoms with Gasteiger partial charge in [0.1, 0.15) is 0 Å². The predicted octanol–water partition coefficient (Wildman–Crippen LogP) is 4.49. The topological polar surface area (TPSA) is 62.3 Å². The molecule has 0 bridgehead atoms. The van der Waals surface area contributed by atoms with Crippen LogP contribution < -0.4 is 10.2 Å². The molecule has 0 saturated heterocycles. The van der Waals surface area contributed by atoms with Crippen molar-refractivity contribution in [2.75, 3.05) is 16.8 Å². The molecule has 146 valence electrons. The molecular formula is C24H23N3O2. The molecule has 1 N–H and O–H groups in total. The van der Waals surface area contributed by atoms with Gasteiger partial charge >= 0.3 is 0 Å². The number of amides is 2. The summed E-state index contributed by atoms with van der Waals surface area (Å²) in [7, 11) is 0. The maximum atomic E-state index is 12.9. The molecule has 0 aliphatic carbocycles. The average Bonchev–Trinajstić information content (AvgIpc) is 3.18. The minimum absolute atomic E-state index is 0.0545. The zero-order valence-corrected chi connectivity index (χ0v) is 16.4. The number of hydrogen-bond donors (Lipinski definition) is 1. The van der Waals surface area contributed by atoms with Crippen LogP contribution in [0.4, 0.5) is 11.4 Å². The Kier molecular flexibility index (Phi) is 5.38. The van der Waals surface area contributed by atoms with E-state index in [1.807, 2.05) is 42.5 Å². The van der Waals surface area contributed by atoms with Crippen molar-refractivity contribution in [2.24, 2.45) is 0 Å². The van der Waals surface area contributed by atoms with Crippen LogP contribution in [0, 0.1) is 0 Å². The second-order valence-corrected chi connectivity index (χ2v) is 7.19.